The molecule has 0 bridgehead atoms. The molecule has 7 nitrogen and oxygen atoms in total. The molecule has 0 radical (unpaired) electrons. The minimum absolute atomic E-state index is 0.152. The van der Waals surface area contributed by atoms with Gasteiger partial charge in [0.2, 0.25) is 0 Å². The van der Waals surface area contributed by atoms with Crippen molar-refractivity contribution in [2.45, 2.75) is 0 Å². The lowest BCUT2D eigenvalue weighted by molar-refractivity contribution is -0.131. The number of ketones is 1. The highest BCUT2D eigenvalue weighted by Crippen LogP contribution is 2.20. The second-order valence-corrected chi connectivity index (χ2v) is 5.78. The summed E-state index contributed by atoms with van der Waals surface area (Å²) >= 11 is 0. The molecule has 3 N–H and O–H groups in total. The van der Waals surface area contributed by atoms with E-state index < -0.39 is 5.97 Å². The van der Waals surface area contributed by atoms with Crippen LogP contribution in [0.5, 0.6) is 5.75 Å². The summed E-state index contributed by atoms with van der Waals surface area (Å²) in [7, 11) is 0. The first kappa shape index (κ1) is 18.2. The molecule has 27 heavy (non-hydrogen) atoms. The molecule has 0 amide bonds. The van der Waals surface area contributed by atoms with Gasteiger partial charge in [0.25, 0.3) is 0 Å². The number of anilines is 1. The zero-order valence-electron chi connectivity index (χ0n) is 14.5. The molecule has 1 heterocycles. The van der Waals surface area contributed by atoms with E-state index in [4.69, 9.17) is 9.84 Å². The van der Waals surface area contributed by atoms with Gasteiger partial charge in [-0.2, -0.15) is 0 Å². The summed E-state index contributed by atoms with van der Waals surface area (Å²) in [6.45, 7) is 1.37. The summed E-state index contributed by atoms with van der Waals surface area (Å²) in [6.07, 6.45) is 2.46. The molecule has 0 aromatic heterocycles. The fourth-order valence-electron chi connectivity index (χ4n) is 2.53. The van der Waals surface area contributed by atoms with Crippen LogP contribution in [0.3, 0.4) is 0 Å². The first-order valence-electron chi connectivity index (χ1n) is 8.43. The Kier molecular flexibility index (Phi) is 5.84. The van der Waals surface area contributed by atoms with Crippen LogP contribution >= 0.6 is 0 Å². The number of ether oxygens (including phenoxy) is 1. The summed E-state index contributed by atoms with van der Waals surface area (Å²) in [5.41, 5.74) is 1.87. The number of rotatable bonds is 7. The Morgan fingerprint density at radius 2 is 2.07 bits per heavy atom. The number of carboxylic acid groups (broad SMARTS) is 1. The second kappa shape index (κ2) is 8.66. The Balaban J connectivity index is 1.65. The number of para-hydroxylation sites is 1. The van der Waals surface area contributed by atoms with Gasteiger partial charge in [-0.3, -0.25) is 9.79 Å². The van der Waals surface area contributed by atoms with E-state index in [9.17, 15) is 9.59 Å². The summed E-state index contributed by atoms with van der Waals surface area (Å²) in [6, 6.07) is 14.0. The van der Waals surface area contributed by atoms with Crippen LogP contribution in [-0.2, 0) is 4.79 Å². The second-order valence-electron chi connectivity index (χ2n) is 5.78. The monoisotopic (exact) mass is 365 g/mol. The Bertz CT molecular complexity index is 906. The lowest BCUT2D eigenvalue weighted by atomic mass is 10.1. The number of nitrogens with zero attached hydrogens (tertiary/aromatic N) is 1. The zero-order chi connectivity index (χ0) is 19.1. The topological polar surface area (TPSA) is 100 Å². The maximum atomic E-state index is 12.5. The molecule has 0 saturated heterocycles. The van der Waals surface area contributed by atoms with Gasteiger partial charge >= 0.3 is 5.97 Å². The third-order valence-corrected chi connectivity index (χ3v) is 3.80. The van der Waals surface area contributed by atoms with E-state index >= 15 is 0 Å². The van der Waals surface area contributed by atoms with Crippen LogP contribution in [0.4, 0.5) is 5.69 Å². The Morgan fingerprint density at radius 3 is 2.85 bits per heavy atom. The van der Waals surface area contributed by atoms with Crippen LogP contribution in [0.15, 0.2) is 59.6 Å². The van der Waals surface area contributed by atoms with Gasteiger partial charge < -0.3 is 20.5 Å². The van der Waals surface area contributed by atoms with Crippen LogP contribution < -0.4 is 15.4 Å². The van der Waals surface area contributed by atoms with Crippen molar-refractivity contribution in [3.63, 3.8) is 0 Å². The fraction of sp³-hybridized carbons (Fsp3) is 0.150. The Morgan fingerprint density at radius 1 is 1.22 bits per heavy atom. The lowest BCUT2D eigenvalue weighted by Crippen LogP contribution is -2.26. The van der Waals surface area contributed by atoms with E-state index in [0.29, 0.717) is 22.8 Å². The van der Waals surface area contributed by atoms with Crippen molar-refractivity contribution in [2.75, 3.05) is 25.0 Å². The molecule has 0 saturated carbocycles. The molecule has 1 aliphatic rings. The number of hydrogen-bond acceptors (Lipinski definition) is 6. The maximum Gasteiger partial charge on any atom is 0.328 e. The number of hydrogen-bond donors (Lipinski definition) is 3. The first-order valence-corrected chi connectivity index (χ1v) is 8.43. The van der Waals surface area contributed by atoms with Crippen molar-refractivity contribution in [1.82, 2.24) is 5.32 Å². The van der Waals surface area contributed by atoms with Crippen LogP contribution in [0.25, 0.3) is 6.08 Å². The van der Waals surface area contributed by atoms with E-state index in [1.165, 1.54) is 6.08 Å². The maximum absolute atomic E-state index is 12.5. The fourth-order valence-corrected chi connectivity index (χ4v) is 2.53. The quantitative estimate of drug-likeness (QED) is 0.515. The zero-order valence-corrected chi connectivity index (χ0v) is 14.5. The number of aliphatic carboxylic acids is 1. The van der Waals surface area contributed by atoms with Gasteiger partial charge in [-0.05, 0) is 24.3 Å². The highest BCUT2D eigenvalue weighted by Gasteiger charge is 2.11. The number of carboxylic acids is 1. The Hall–Kier alpha value is -3.61. The third kappa shape index (κ3) is 5.18. The van der Waals surface area contributed by atoms with Gasteiger partial charge in [0.05, 0.1) is 6.54 Å². The van der Waals surface area contributed by atoms with E-state index in [1.807, 2.05) is 6.07 Å². The summed E-state index contributed by atoms with van der Waals surface area (Å²) in [5.74, 6) is -0.0966. The summed E-state index contributed by atoms with van der Waals surface area (Å²) in [5, 5.41) is 15.0. The molecule has 2 aromatic carbocycles. The van der Waals surface area contributed by atoms with Crippen LogP contribution in [0, 0.1) is 0 Å². The van der Waals surface area contributed by atoms with Crippen molar-refractivity contribution in [1.29, 1.82) is 0 Å². The van der Waals surface area contributed by atoms with Gasteiger partial charge in [-0.1, -0.05) is 30.3 Å². The SMILES string of the molecule is O=C(O)C=Cc1ccccc1OCC(=O)c1cccc(NC2=NCCN2)c1. The molecule has 2 aromatic rings. The Labute approximate surface area is 156 Å². The minimum Gasteiger partial charge on any atom is -0.485 e. The standard InChI is InChI=1S/C20H19N3O4/c24-17(13-27-18-7-2-1-4-14(18)8-9-19(25)26)15-5-3-6-16(12-15)23-20-21-10-11-22-20/h1-9,12H,10-11,13H2,(H,25,26)(H2,21,22,23). The molecule has 0 aliphatic carbocycles. The largest absolute Gasteiger partial charge is 0.485 e. The van der Waals surface area contributed by atoms with E-state index in [2.05, 4.69) is 15.6 Å². The minimum atomic E-state index is -1.05. The molecule has 0 fully saturated rings. The molecule has 0 atom stereocenters. The number of carbonyl (C=O) groups is 2. The van der Waals surface area contributed by atoms with Gasteiger partial charge in [-0.15, -0.1) is 0 Å². The number of guanidine groups is 1. The molecule has 138 valence electrons. The number of benzene rings is 2. The molecule has 3 rings (SSSR count). The van der Waals surface area contributed by atoms with Crippen LogP contribution in [0.1, 0.15) is 15.9 Å². The molecule has 1 aliphatic heterocycles. The molecule has 0 spiro atoms. The van der Waals surface area contributed by atoms with E-state index in [0.717, 1.165) is 24.9 Å². The summed E-state index contributed by atoms with van der Waals surface area (Å²) < 4.78 is 5.61. The third-order valence-electron chi connectivity index (χ3n) is 3.80. The predicted molar refractivity (Wildman–Crippen MR) is 103 cm³/mol. The van der Waals surface area contributed by atoms with Crippen molar-refractivity contribution >= 4 is 29.5 Å². The average Bonchev–Trinajstić information content (AvgIpc) is 3.18. The molecular formula is C20H19N3O4. The predicted octanol–water partition coefficient (Wildman–Crippen LogP) is 2.42. The molecule has 0 unspecified atom stereocenters. The summed E-state index contributed by atoms with van der Waals surface area (Å²) in [4.78, 5) is 27.4. The van der Waals surface area contributed by atoms with Crippen LogP contribution in [-0.4, -0.2) is 42.5 Å². The number of carbonyl (C=O) groups excluding carboxylic acids is 1. The van der Waals surface area contributed by atoms with E-state index in [1.54, 1.807) is 42.5 Å². The van der Waals surface area contributed by atoms with Crippen molar-refractivity contribution < 1.29 is 19.4 Å². The van der Waals surface area contributed by atoms with E-state index in [-0.39, 0.29) is 12.4 Å². The van der Waals surface area contributed by atoms with Gasteiger partial charge in [0.15, 0.2) is 18.3 Å². The van der Waals surface area contributed by atoms with Crippen molar-refractivity contribution in [3.05, 3.63) is 65.7 Å². The van der Waals surface area contributed by atoms with Crippen molar-refractivity contribution in [3.8, 4) is 5.75 Å². The normalized spacial score (nSPS) is 13.1. The van der Waals surface area contributed by atoms with Crippen molar-refractivity contribution in [2.24, 2.45) is 4.99 Å². The highest BCUT2D eigenvalue weighted by atomic mass is 16.5. The number of aliphatic imine (C=N–C) groups is 1. The van der Waals surface area contributed by atoms with Gasteiger partial charge in [-0.25, -0.2) is 4.79 Å². The van der Waals surface area contributed by atoms with Crippen LogP contribution in [0.2, 0.25) is 0 Å². The lowest BCUT2D eigenvalue weighted by Gasteiger charge is -2.10. The molecule has 7 heteroatoms. The first-order chi connectivity index (χ1) is 13.1. The molecular weight excluding hydrogens is 346 g/mol. The number of Topliss-reactive ketones (excluding diaryl/α,β-unsaturated/α-hetero) is 1. The van der Waals surface area contributed by atoms with Gasteiger partial charge in [0, 0.05) is 29.4 Å². The van der Waals surface area contributed by atoms with Gasteiger partial charge in [0.1, 0.15) is 5.75 Å². The smallest absolute Gasteiger partial charge is 0.328 e. The number of nitrogens with one attached hydrogen (secondary N) is 2. The highest BCUT2D eigenvalue weighted by molar-refractivity contribution is 6.00. The average molecular weight is 365 g/mol.